The van der Waals surface area contributed by atoms with Gasteiger partial charge in [-0.2, -0.15) is 0 Å². The first-order valence-corrected chi connectivity index (χ1v) is 9.58. The van der Waals surface area contributed by atoms with Gasteiger partial charge in [0, 0.05) is 37.2 Å². The van der Waals surface area contributed by atoms with Gasteiger partial charge in [0.05, 0.1) is 13.5 Å². The molecule has 0 radical (unpaired) electrons. The molecule has 1 unspecified atom stereocenters. The highest BCUT2D eigenvalue weighted by Gasteiger charge is 2.25. The summed E-state index contributed by atoms with van der Waals surface area (Å²) in [5.74, 6) is 1.00. The van der Waals surface area contributed by atoms with E-state index in [9.17, 15) is 9.59 Å². The van der Waals surface area contributed by atoms with Crippen molar-refractivity contribution in [1.29, 1.82) is 0 Å². The minimum atomic E-state index is 0. The molecule has 7 heteroatoms. The van der Waals surface area contributed by atoms with Gasteiger partial charge in [-0.05, 0) is 38.3 Å². The fourth-order valence-corrected chi connectivity index (χ4v) is 3.84. The van der Waals surface area contributed by atoms with E-state index >= 15 is 0 Å². The first-order valence-electron chi connectivity index (χ1n) is 9.58. The lowest BCUT2D eigenvalue weighted by atomic mass is 10.0. The number of ether oxygens (including phenoxy) is 1. The van der Waals surface area contributed by atoms with Gasteiger partial charge < -0.3 is 20.3 Å². The zero-order valence-electron chi connectivity index (χ0n) is 15.9. The Hall–Kier alpha value is -1.79. The first kappa shape index (κ1) is 21.5. The van der Waals surface area contributed by atoms with E-state index in [1.54, 1.807) is 7.11 Å². The molecule has 0 aromatic heterocycles. The summed E-state index contributed by atoms with van der Waals surface area (Å²) in [7, 11) is 1.62. The van der Waals surface area contributed by atoms with Crippen molar-refractivity contribution in [3.63, 3.8) is 0 Å². The van der Waals surface area contributed by atoms with Gasteiger partial charge in [-0.3, -0.25) is 9.59 Å². The molecule has 150 valence electrons. The second kappa shape index (κ2) is 10.5. The maximum absolute atomic E-state index is 12.6. The van der Waals surface area contributed by atoms with E-state index in [1.807, 2.05) is 29.2 Å². The number of para-hydroxylation sites is 1. The number of nitrogens with zero attached hydrogens (tertiary/aromatic N) is 1. The molecule has 2 amide bonds. The van der Waals surface area contributed by atoms with Crippen LogP contribution < -0.4 is 15.4 Å². The van der Waals surface area contributed by atoms with E-state index in [2.05, 4.69) is 10.6 Å². The highest BCUT2D eigenvalue weighted by molar-refractivity contribution is 5.85. The number of carbonyl (C=O) groups is 2. The monoisotopic (exact) mass is 395 g/mol. The number of hydrogen-bond acceptors (Lipinski definition) is 4. The molecular weight excluding hydrogens is 366 g/mol. The van der Waals surface area contributed by atoms with Crippen LogP contribution in [-0.2, 0) is 16.0 Å². The van der Waals surface area contributed by atoms with Crippen LogP contribution in [0.1, 0.15) is 37.7 Å². The Morgan fingerprint density at radius 1 is 1.22 bits per heavy atom. The molecule has 2 heterocycles. The molecule has 0 spiro atoms. The largest absolute Gasteiger partial charge is 0.496 e. The molecule has 1 atom stereocenters. The summed E-state index contributed by atoms with van der Waals surface area (Å²) in [6.45, 7) is 2.41. The van der Waals surface area contributed by atoms with Gasteiger partial charge in [0.25, 0.3) is 0 Å². The Kier molecular flexibility index (Phi) is 8.38. The first-order chi connectivity index (χ1) is 12.7. The van der Waals surface area contributed by atoms with Gasteiger partial charge in [0.15, 0.2) is 0 Å². The molecule has 3 rings (SSSR count). The molecule has 2 aliphatic heterocycles. The van der Waals surface area contributed by atoms with Crippen LogP contribution in [0.15, 0.2) is 24.3 Å². The van der Waals surface area contributed by atoms with Crippen molar-refractivity contribution in [2.75, 3.05) is 26.7 Å². The molecule has 2 fully saturated rings. The predicted molar refractivity (Wildman–Crippen MR) is 107 cm³/mol. The van der Waals surface area contributed by atoms with Crippen molar-refractivity contribution in [1.82, 2.24) is 15.5 Å². The van der Waals surface area contributed by atoms with E-state index in [0.717, 1.165) is 43.5 Å². The summed E-state index contributed by atoms with van der Waals surface area (Å²) in [4.78, 5) is 26.6. The molecule has 0 aliphatic carbocycles. The highest BCUT2D eigenvalue weighted by Crippen LogP contribution is 2.20. The van der Waals surface area contributed by atoms with Crippen LogP contribution >= 0.6 is 12.4 Å². The van der Waals surface area contributed by atoms with E-state index in [-0.39, 0.29) is 30.3 Å². The predicted octanol–water partition coefficient (Wildman–Crippen LogP) is 1.91. The number of rotatable bonds is 6. The molecule has 1 aromatic carbocycles. The van der Waals surface area contributed by atoms with Gasteiger partial charge >= 0.3 is 0 Å². The third-order valence-electron chi connectivity index (χ3n) is 5.34. The quantitative estimate of drug-likeness (QED) is 0.771. The van der Waals surface area contributed by atoms with Crippen LogP contribution in [0.3, 0.4) is 0 Å². The maximum Gasteiger partial charge on any atom is 0.227 e. The molecule has 2 N–H and O–H groups in total. The molecular formula is C20H30ClN3O3. The number of benzene rings is 1. The van der Waals surface area contributed by atoms with Crippen molar-refractivity contribution in [3.8, 4) is 5.75 Å². The Labute approximate surface area is 167 Å². The Balaban J connectivity index is 0.00000261. The van der Waals surface area contributed by atoms with Crippen LogP contribution in [0, 0.1) is 0 Å². The second-order valence-corrected chi connectivity index (χ2v) is 7.21. The molecule has 0 bridgehead atoms. The number of hydrogen-bond donors (Lipinski definition) is 2. The van der Waals surface area contributed by atoms with E-state index in [1.165, 1.54) is 0 Å². The fraction of sp³-hybridized carbons (Fsp3) is 0.600. The summed E-state index contributed by atoms with van der Waals surface area (Å²) in [6, 6.07) is 8.15. The number of amides is 2. The minimum absolute atomic E-state index is 0. The average Bonchev–Trinajstić information content (AvgIpc) is 3.15. The SMILES string of the molecule is COc1ccccc1CC(=O)N1CCC(NC(=O)CC2CCCN2)CC1.Cl. The fourth-order valence-electron chi connectivity index (χ4n) is 3.84. The smallest absolute Gasteiger partial charge is 0.227 e. The Bertz CT molecular complexity index is 627. The lowest BCUT2D eigenvalue weighted by molar-refractivity contribution is -0.131. The average molecular weight is 396 g/mol. The topological polar surface area (TPSA) is 70.7 Å². The standard InChI is InChI=1S/C20H29N3O3.ClH/c1-26-18-7-3-2-5-15(18)13-20(25)23-11-8-16(9-12-23)22-19(24)14-17-6-4-10-21-17;/h2-3,5,7,16-17,21H,4,6,8-14H2,1H3,(H,22,24);1H. The zero-order valence-corrected chi connectivity index (χ0v) is 16.7. The van der Waals surface area contributed by atoms with Crippen LogP contribution in [0.25, 0.3) is 0 Å². The number of methoxy groups -OCH3 is 1. The van der Waals surface area contributed by atoms with E-state index in [0.29, 0.717) is 32.0 Å². The molecule has 2 aliphatic rings. The lowest BCUT2D eigenvalue weighted by Gasteiger charge is -2.32. The van der Waals surface area contributed by atoms with Crippen molar-refractivity contribution in [2.24, 2.45) is 0 Å². The minimum Gasteiger partial charge on any atom is -0.496 e. The Morgan fingerprint density at radius 3 is 2.63 bits per heavy atom. The summed E-state index contributed by atoms with van der Waals surface area (Å²) in [6.07, 6.45) is 4.80. The van der Waals surface area contributed by atoms with Crippen LogP contribution in [-0.4, -0.2) is 55.5 Å². The van der Waals surface area contributed by atoms with Crippen LogP contribution in [0.4, 0.5) is 0 Å². The van der Waals surface area contributed by atoms with Gasteiger partial charge in [-0.25, -0.2) is 0 Å². The molecule has 1 aromatic rings. The maximum atomic E-state index is 12.6. The van der Waals surface area contributed by atoms with E-state index in [4.69, 9.17) is 4.74 Å². The van der Waals surface area contributed by atoms with Gasteiger partial charge in [0.1, 0.15) is 5.75 Å². The molecule has 0 saturated carbocycles. The van der Waals surface area contributed by atoms with Crippen LogP contribution in [0.5, 0.6) is 5.75 Å². The summed E-state index contributed by atoms with van der Waals surface area (Å²) >= 11 is 0. The number of piperidine rings is 1. The van der Waals surface area contributed by atoms with Crippen molar-refractivity contribution in [2.45, 2.75) is 50.6 Å². The third-order valence-corrected chi connectivity index (χ3v) is 5.34. The Morgan fingerprint density at radius 2 is 1.96 bits per heavy atom. The summed E-state index contributed by atoms with van der Waals surface area (Å²) in [5.41, 5.74) is 0.916. The number of halogens is 1. The third kappa shape index (κ3) is 6.11. The van der Waals surface area contributed by atoms with Crippen molar-refractivity contribution in [3.05, 3.63) is 29.8 Å². The highest BCUT2D eigenvalue weighted by atomic mass is 35.5. The normalized spacial score (nSPS) is 20.0. The number of carbonyl (C=O) groups excluding carboxylic acids is 2. The van der Waals surface area contributed by atoms with Gasteiger partial charge in [-0.15, -0.1) is 12.4 Å². The summed E-state index contributed by atoms with van der Waals surface area (Å²) in [5, 5.41) is 6.49. The summed E-state index contributed by atoms with van der Waals surface area (Å²) < 4.78 is 5.33. The molecule has 2 saturated heterocycles. The number of likely N-dealkylation sites (tertiary alicyclic amines) is 1. The van der Waals surface area contributed by atoms with Crippen molar-refractivity contribution >= 4 is 24.2 Å². The van der Waals surface area contributed by atoms with Gasteiger partial charge in [0.2, 0.25) is 11.8 Å². The van der Waals surface area contributed by atoms with E-state index < -0.39 is 0 Å². The van der Waals surface area contributed by atoms with Crippen LogP contribution in [0.2, 0.25) is 0 Å². The number of nitrogens with one attached hydrogen (secondary N) is 2. The lowest BCUT2D eigenvalue weighted by Crippen LogP contribution is -2.47. The van der Waals surface area contributed by atoms with Gasteiger partial charge in [-0.1, -0.05) is 18.2 Å². The zero-order chi connectivity index (χ0) is 18.4. The van der Waals surface area contributed by atoms with Crippen molar-refractivity contribution < 1.29 is 14.3 Å². The molecule has 6 nitrogen and oxygen atoms in total. The second-order valence-electron chi connectivity index (χ2n) is 7.21. The molecule has 27 heavy (non-hydrogen) atoms.